The van der Waals surface area contributed by atoms with Gasteiger partial charge in [-0.3, -0.25) is 4.90 Å². The molecule has 0 aliphatic carbocycles. The van der Waals surface area contributed by atoms with Gasteiger partial charge in [-0.05, 0) is 36.2 Å². The fraction of sp³-hybridized carbons (Fsp3) is 0.444. The topological polar surface area (TPSA) is 15.3 Å². The van der Waals surface area contributed by atoms with Gasteiger partial charge in [0.2, 0.25) is 0 Å². The Kier molecular flexibility index (Phi) is 4.04. The quantitative estimate of drug-likeness (QED) is 0.891. The van der Waals surface area contributed by atoms with Crippen LogP contribution in [0.1, 0.15) is 31.9 Å². The summed E-state index contributed by atoms with van der Waals surface area (Å²) >= 11 is 0. The third-order valence-electron chi connectivity index (χ3n) is 4.48. The van der Waals surface area contributed by atoms with Gasteiger partial charge in [0.25, 0.3) is 0 Å². The van der Waals surface area contributed by atoms with Gasteiger partial charge < -0.3 is 5.32 Å². The average molecular weight is 268 g/mol. The molecule has 1 aliphatic rings. The van der Waals surface area contributed by atoms with E-state index in [-0.39, 0.29) is 0 Å². The first-order valence-electron chi connectivity index (χ1n) is 7.75. The van der Waals surface area contributed by atoms with Gasteiger partial charge in [0.05, 0.1) is 0 Å². The zero-order valence-corrected chi connectivity index (χ0v) is 12.5. The summed E-state index contributed by atoms with van der Waals surface area (Å²) in [5.41, 5.74) is 1.46. The van der Waals surface area contributed by atoms with Crippen molar-refractivity contribution >= 4 is 10.8 Å². The molecule has 1 atom stereocenters. The minimum Gasteiger partial charge on any atom is -0.314 e. The molecule has 2 heteroatoms. The normalized spacial score (nSPS) is 17.4. The number of hydrogen-bond acceptors (Lipinski definition) is 2. The molecule has 1 N–H and O–H groups in total. The maximum Gasteiger partial charge on any atom is 0.0351 e. The van der Waals surface area contributed by atoms with Crippen LogP contribution in [0.2, 0.25) is 0 Å². The molecule has 1 saturated heterocycles. The second kappa shape index (κ2) is 5.94. The van der Waals surface area contributed by atoms with E-state index in [1.165, 1.54) is 29.3 Å². The van der Waals surface area contributed by atoms with Crippen LogP contribution in [-0.2, 0) is 0 Å². The largest absolute Gasteiger partial charge is 0.314 e. The zero-order valence-electron chi connectivity index (χ0n) is 12.5. The SMILES string of the molecule is CCCN(C1CNC1)C(C)c1cccc2ccccc12. The molecule has 2 aromatic carbocycles. The Morgan fingerprint density at radius 3 is 2.60 bits per heavy atom. The lowest BCUT2D eigenvalue weighted by molar-refractivity contribution is 0.103. The standard InChI is InChI=1S/C18H24N2/c1-3-11-20(16-12-19-13-16)14(2)17-10-6-8-15-7-4-5-9-18(15)17/h4-10,14,16,19H,3,11-13H2,1-2H3. The molecule has 0 aromatic heterocycles. The highest BCUT2D eigenvalue weighted by Gasteiger charge is 2.28. The Morgan fingerprint density at radius 2 is 1.90 bits per heavy atom. The van der Waals surface area contributed by atoms with Gasteiger partial charge in [-0.2, -0.15) is 0 Å². The van der Waals surface area contributed by atoms with E-state index in [0.717, 1.165) is 13.1 Å². The van der Waals surface area contributed by atoms with Crippen molar-refractivity contribution in [2.75, 3.05) is 19.6 Å². The first kappa shape index (κ1) is 13.6. The summed E-state index contributed by atoms with van der Waals surface area (Å²) in [4.78, 5) is 2.66. The van der Waals surface area contributed by atoms with Crippen molar-refractivity contribution in [1.82, 2.24) is 10.2 Å². The van der Waals surface area contributed by atoms with Crippen molar-refractivity contribution in [2.24, 2.45) is 0 Å². The van der Waals surface area contributed by atoms with E-state index in [2.05, 4.69) is 66.5 Å². The van der Waals surface area contributed by atoms with Gasteiger partial charge in [0.15, 0.2) is 0 Å². The second-order valence-electron chi connectivity index (χ2n) is 5.79. The van der Waals surface area contributed by atoms with E-state index < -0.39 is 0 Å². The minimum atomic E-state index is 0.480. The van der Waals surface area contributed by atoms with E-state index >= 15 is 0 Å². The molecule has 2 aromatic rings. The average Bonchev–Trinajstić information content (AvgIpc) is 2.43. The molecule has 106 valence electrons. The molecule has 1 fully saturated rings. The van der Waals surface area contributed by atoms with Gasteiger partial charge in [-0.15, -0.1) is 0 Å². The van der Waals surface area contributed by atoms with E-state index in [1.807, 2.05) is 0 Å². The van der Waals surface area contributed by atoms with Crippen LogP contribution in [0.25, 0.3) is 10.8 Å². The zero-order chi connectivity index (χ0) is 13.9. The van der Waals surface area contributed by atoms with Crippen LogP contribution in [-0.4, -0.2) is 30.6 Å². The van der Waals surface area contributed by atoms with Crippen LogP contribution in [0.4, 0.5) is 0 Å². The molecule has 1 unspecified atom stereocenters. The number of hydrogen-bond donors (Lipinski definition) is 1. The van der Waals surface area contributed by atoms with Gasteiger partial charge in [-0.1, -0.05) is 49.4 Å². The highest BCUT2D eigenvalue weighted by atomic mass is 15.2. The van der Waals surface area contributed by atoms with Gasteiger partial charge in [0, 0.05) is 25.2 Å². The summed E-state index contributed by atoms with van der Waals surface area (Å²) in [6, 6.07) is 16.6. The Morgan fingerprint density at radius 1 is 1.15 bits per heavy atom. The molecule has 0 saturated carbocycles. The summed E-state index contributed by atoms with van der Waals surface area (Å²) in [7, 11) is 0. The van der Waals surface area contributed by atoms with Crippen molar-refractivity contribution < 1.29 is 0 Å². The third-order valence-corrected chi connectivity index (χ3v) is 4.48. The molecule has 20 heavy (non-hydrogen) atoms. The van der Waals surface area contributed by atoms with E-state index in [0.29, 0.717) is 12.1 Å². The predicted octanol–water partition coefficient (Wildman–Crippen LogP) is 3.58. The number of nitrogens with zero attached hydrogens (tertiary/aromatic N) is 1. The number of benzene rings is 2. The van der Waals surface area contributed by atoms with Gasteiger partial charge in [0.1, 0.15) is 0 Å². The van der Waals surface area contributed by atoms with Crippen molar-refractivity contribution in [3.8, 4) is 0 Å². The third kappa shape index (κ3) is 2.46. The van der Waals surface area contributed by atoms with Crippen LogP contribution >= 0.6 is 0 Å². The smallest absolute Gasteiger partial charge is 0.0351 e. The lowest BCUT2D eigenvalue weighted by Crippen LogP contribution is -2.57. The lowest BCUT2D eigenvalue weighted by Gasteiger charge is -2.42. The summed E-state index contributed by atoms with van der Waals surface area (Å²) < 4.78 is 0. The molecule has 0 bridgehead atoms. The number of nitrogens with one attached hydrogen (secondary N) is 1. The molecule has 0 radical (unpaired) electrons. The molecule has 1 aliphatic heterocycles. The van der Waals surface area contributed by atoms with Crippen molar-refractivity contribution in [2.45, 2.75) is 32.4 Å². The highest BCUT2D eigenvalue weighted by Crippen LogP contribution is 2.30. The summed E-state index contributed by atoms with van der Waals surface area (Å²) in [6.07, 6.45) is 1.21. The maximum atomic E-state index is 3.40. The van der Waals surface area contributed by atoms with Crippen LogP contribution in [0.5, 0.6) is 0 Å². The lowest BCUT2D eigenvalue weighted by atomic mass is 9.96. The Balaban J connectivity index is 1.95. The van der Waals surface area contributed by atoms with E-state index in [1.54, 1.807) is 0 Å². The number of rotatable bonds is 5. The first-order valence-corrected chi connectivity index (χ1v) is 7.75. The summed E-state index contributed by atoms with van der Waals surface area (Å²) in [6.45, 7) is 8.08. The molecule has 0 amide bonds. The predicted molar refractivity (Wildman–Crippen MR) is 86.0 cm³/mol. The molecule has 1 heterocycles. The van der Waals surface area contributed by atoms with Crippen molar-refractivity contribution in [3.63, 3.8) is 0 Å². The Bertz CT molecular complexity index is 569. The molecule has 0 spiro atoms. The van der Waals surface area contributed by atoms with Crippen LogP contribution in [0.3, 0.4) is 0 Å². The summed E-state index contributed by atoms with van der Waals surface area (Å²) in [5, 5.41) is 6.15. The Labute approximate surface area is 121 Å². The van der Waals surface area contributed by atoms with Crippen LogP contribution < -0.4 is 5.32 Å². The Hall–Kier alpha value is -1.38. The first-order chi connectivity index (χ1) is 9.81. The van der Waals surface area contributed by atoms with Crippen LogP contribution in [0.15, 0.2) is 42.5 Å². The fourth-order valence-electron chi connectivity index (χ4n) is 3.25. The van der Waals surface area contributed by atoms with Crippen LogP contribution in [0, 0.1) is 0 Å². The monoisotopic (exact) mass is 268 g/mol. The number of fused-ring (bicyclic) bond motifs is 1. The van der Waals surface area contributed by atoms with Crippen molar-refractivity contribution in [1.29, 1.82) is 0 Å². The van der Waals surface area contributed by atoms with E-state index in [9.17, 15) is 0 Å². The van der Waals surface area contributed by atoms with Gasteiger partial charge >= 0.3 is 0 Å². The maximum absolute atomic E-state index is 3.40. The second-order valence-corrected chi connectivity index (χ2v) is 5.79. The highest BCUT2D eigenvalue weighted by molar-refractivity contribution is 5.86. The van der Waals surface area contributed by atoms with E-state index in [4.69, 9.17) is 0 Å². The summed E-state index contributed by atoms with van der Waals surface area (Å²) in [5.74, 6) is 0. The van der Waals surface area contributed by atoms with Gasteiger partial charge in [-0.25, -0.2) is 0 Å². The minimum absolute atomic E-state index is 0.480. The fourth-order valence-corrected chi connectivity index (χ4v) is 3.25. The molecule has 3 rings (SSSR count). The molecule has 2 nitrogen and oxygen atoms in total. The van der Waals surface area contributed by atoms with Crippen molar-refractivity contribution in [3.05, 3.63) is 48.0 Å². The molecular weight excluding hydrogens is 244 g/mol. The molecular formula is C18H24N2.